The molecule has 1 N–H and O–H groups in total. The predicted octanol–water partition coefficient (Wildman–Crippen LogP) is 1.92. The van der Waals surface area contributed by atoms with Crippen LogP contribution in [0.1, 0.15) is 27.4 Å². The van der Waals surface area contributed by atoms with Crippen molar-refractivity contribution in [3.63, 3.8) is 0 Å². The average Bonchev–Trinajstić information content (AvgIpc) is 2.81. The van der Waals surface area contributed by atoms with Gasteiger partial charge in [0.1, 0.15) is 11.5 Å². The first kappa shape index (κ1) is 14.1. The van der Waals surface area contributed by atoms with Gasteiger partial charge in [-0.15, -0.1) is 0 Å². The molecule has 0 radical (unpaired) electrons. The van der Waals surface area contributed by atoms with Crippen LogP contribution < -0.4 is 9.64 Å². The molecular formula is C15H14N2O5. The Hall–Kier alpha value is -2.83. The first-order valence-corrected chi connectivity index (χ1v) is 6.69. The van der Waals surface area contributed by atoms with Gasteiger partial charge >= 0.3 is 5.97 Å². The zero-order chi connectivity index (χ0) is 15.9. The van der Waals surface area contributed by atoms with E-state index in [1.165, 1.54) is 12.1 Å². The summed E-state index contributed by atoms with van der Waals surface area (Å²) in [5.74, 6) is -0.206. The fourth-order valence-electron chi connectivity index (χ4n) is 2.40. The van der Waals surface area contributed by atoms with Gasteiger partial charge in [-0.2, -0.15) is 0 Å². The van der Waals surface area contributed by atoms with E-state index in [1.54, 1.807) is 17.9 Å². The molecule has 7 heteroatoms. The van der Waals surface area contributed by atoms with Crippen LogP contribution in [0, 0.1) is 13.8 Å². The molecular weight excluding hydrogens is 288 g/mol. The summed E-state index contributed by atoms with van der Waals surface area (Å²) in [6.45, 7) is 3.78. The molecule has 0 fully saturated rings. The standard InChI is InChI=1S/C15H14N2O5/c1-8-11(9(2)22-16-8)6-17-12-4-3-10(15(19)20)5-13(12)21-7-14(17)18/h3-5H,6-7H2,1-2H3,(H,19,20). The maximum Gasteiger partial charge on any atom is 0.335 e. The Morgan fingerprint density at radius 3 is 2.82 bits per heavy atom. The van der Waals surface area contributed by atoms with Gasteiger partial charge < -0.3 is 19.3 Å². The summed E-state index contributed by atoms with van der Waals surface area (Å²) < 4.78 is 10.5. The van der Waals surface area contributed by atoms with Crippen LogP contribution in [0.15, 0.2) is 22.7 Å². The molecule has 0 unspecified atom stereocenters. The number of hydrogen-bond donors (Lipinski definition) is 1. The monoisotopic (exact) mass is 302 g/mol. The van der Waals surface area contributed by atoms with Gasteiger partial charge in [-0.1, -0.05) is 5.16 Å². The zero-order valence-electron chi connectivity index (χ0n) is 12.1. The quantitative estimate of drug-likeness (QED) is 0.931. The molecule has 0 spiro atoms. The largest absolute Gasteiger partial charge is 0.482 e. The number of benzene rings is 1. The van der Waals surface area contributed by atoms with Gasteiger partial charge in [-0.05, 0) is 32.0 Å². The van der Waals surface area contributed by atoms with E-state index in [0.717, 1.165) is 11.3 Å². The van der Waals surface area contributed by atoms with Gasteiger partial charge in [0.25, 0.3) is 5.91 Å². The van der Waals surface area contributed by atoms with Crippen molar-refractivity contribution < 1.29 is 24.0 Å². The fourth-order valence-corrected chi connectivity index (χ4v) is 2.40. The lowest BCUT2D eigenvalue weighted by Gasteiger charge is -2.29. The molecule has 2 aromatic rings. The minimum Gasteiger partial charge on any atom is -0.482 e. The molecule has 7 nitrogen and oxygen atoms in total. The smallest absolute Gasteiger partial charge is 0.335 e. The number of amides is 1. The Labute approximate surface area is 126 Å². The Morgan fingerprint density at radius 2 is 2.18 bits per heavy atom. The van der Waals surface area contributed by atoms with Gasteiger partial charge in [-0.25, -0.2) is 4.79 Å². The highest BCUT2D eigenvalue weighted by Gasteiger charge is 2.28. The van der Waals surface area contributed by atoms with E-state index >= 15 is 0 Å². The lowest BCUT2D eigenvalue weighted by Crippen LogP contribution is -2.38. The van der Waals surface area contributed by atoms with Crippen LogP contribution in [-0.2, 0) is 11.3 Å². The molecule has 2 heterocycles. The molecule has 1 aliphatic rings. The van der Waals surface area contributed by atoms with Crippen molar-refractivity contribution in [3.8, 4) is 5.75 Å². The maximum absolute atomic E-state index is 12.2. The second-order valence-electron chi connectivity index (χ2n) is 5.06. The first-order chi connectivity index (χ1) is 10.5. The topological polar surface area (TPSA) is 92.9 Å². The number of rotatable bonds is 3. The molecule has 1 amide bonds. The molecule has 3 rings (SSSR count). The number of carboxylic acids is 1. The molecule has 0 saturated carbocycles. The van der Waals surface area contributed by atoms with Crippen molar-refractivity contribution in [3.05, 3.63) is 40.8 Å². The second-order valence-corrected chi connectivity index (χ2v) is 5.06. The number of carbonyl (C=O) groups is 2. The minimum atomic E-state index is -1.04. The van der Waals surface area contributed by atoms with Crippen molar-refractivity contribution in [2.75, 3.05) is 11.5 Å². The molecule has 114 valence electrons. The third kappa shape index (κ3) is 2.30. The maximum atomic E-state index is 12.2. The van der Waals surface area contributed by atoms with Crippen LogP contribution in [0.4, 0.5) is 5.69 Å². The van der Waals surface area contributed by atoms with E-state index in [1.807, 2.05) is 6.92 Å². The number of aromatic carboxylic acids is 1. The highest BCUT2D eigenvalue weighted by Crippen LogP contribution is 2.34. The van der Waals surface area contributed by atoms with E-state index in [4.69, 9.17) is 14.4 Å². The lowest BCUT2D eigenvalue weighted by molar-refractivity contribution is -0.121. The van der Waals surface area contributed by atoms with Crippen molar-refractivity contribution in [1.82, 2.24) is 5.16 Å². The molecule has 0 atom stereocenters. The highest BCUT2D eigenvalue weighted by molar-refractivity contribution is 5.99. The number of nitrogens with zero attached hydrogens (tertiary/aromatic N) is 2. The van der Waals surface area contributed by atoms with E-state index in [-0.39, 0.29) is 18.1 Å². The number of aromatic nitrogens is 1. The van der Waals surface area contributed by atoms with Crippen LogP contribution >= 0.6 is 0 Å². The third-order valence-electron chi connectivity index (χ3n) is 3.65. The summed E-state index contributed by atoms with van der Waals surface area (Å²) >= 11 is 0. The van der Waals surface area contributed by atoms with Gasteiger partial charge in [-0.3, -0.25) is 4.79 Å². The zero-order valence-corrected chi connectivity index (χ0v) is 12.1. The number of aryl methyl sites for hydroxylation is 2. The molecule has 1 aromatic carbocycles. The lowest BCUT2D eigenvalue weighted by atomic mass is 10.1. The molecule has 1 aromatic heterocycles. The minimum absolute atomic E-state index is 0.116. The summed E-state index contributed by atoms with van der Waals surface area (Å²) in [6, 6.07) is 4.45. The second kappa shape index (κ2) is 5.18. The summed E-state index contributed by atoms with van der Waals surface area (Å²) in [5.41, 5.74) is 2.22. The van der Waals surface area contributed by atoms with E-state index in [2.05, 4.69) is 5.16 Å². The highest BCUT2D eigenvalue weighted by atomic mass is 16.5. The van der Waals surface area contributed by atoms with Crippen LogP contribution in [0.25, 0.3) is 0 Å². The fraction of sp³-hybridized carbons (Fsp3) is 0.267. The first-order valence-electron chi connectivity index (χ1n) is 6.69. The Balaban J connectivity index is 1.99. The summed E-state index contributed by atoms with van der Waals surface area (Å²) in [7, 11) is 0. The van der Waals surface area contributed by atoms with Crippen LogP contribution in [0.2, 0.25) is 0 Å². The average molecular weight is 302 g/mol. The number of fused-ring (bicyclic) bond motifs is 1. The number of carbonyl (C=O) groups excluding carboxylic acids is 1. The predicted molar refractivity (Wildman–Crippen MR) is 76.1 cm³/mol. The Bertz CT molecular complexity index is 746. The molecule has 1 aliphatic heterocycles. The molecule has 0 bridgehead atoms. The van der Waals surface area contributed by atoms with Gasteiger partial charge in [0.05, 0.1) is 23.5 Å². The Kier molecular flexibility index (Phi) is 3.32. The van der Waals surface area contributed by atoms with Crippen molar-refractivity contribution in [2.45, 2.75) is 20.4 Å². The van der Waals surface area contributed by atoms with Gasteiger partial charge in [0, 0.05) is 5.56 Å². The third-order valence-corrected chi connectivity index (χ3v) is 3.65. The van der Waals surface area contributed by atoms with Gasteiger partial charge in [0.2, 0.25) is 0 Å². The number of carboxylic acid groups (broad SMARTS) is 1. The number of hydrogen-bond acceptors (Lipinski definition) is 5. The van der Waals surface area contributed by atoms with Crippen LogP contribution in [0.5, 0.6) is 5.75 Å². The number of anilines is 1. The van der Waals surface area contributed by atoms with Crippen molar-refractivity contribution in [2.24, 2.45) is 0 Å². The van der Waals surface area contributed by atoms with Crippen molar-refractivity contribution in [1.29, 1.82) is 0 Å². The summed E-state index contributed by atoms with van der Waals surface area (Å²) in [5, 5.41) is 12.9. The van der Waals surface area contributed by atoms with Crippen LogP contribution in [-0.4, -0.2) is 28.7 Å². The van der Waals surface area contributed by atoms with E-state index in [9.17, 15) is 9.59 Å². The normalized spacial score (nSPS) is 13.7. The summed E-state index contributed by atoms with van der Waals surface area (Å²) in [6.07, 6.45) is 0. The van der Waals surface area contributed by atoms with E-state index < -0.39 is 5.97 Å². The van der Waals surface area contributed by atoms with Crippen LogP contribution in [0.3, 0.4) is 0 Å². The van der Waals surface area contributed by atoms with E-state index in [0.29, 0.717) is 23.7 Å². The van der Waals surface area contributed by atoms with Crippen molar-refractivity contribution >= 4 is 17.6 Å². The molecule has 22 heavy (non-hydrogen) atoms. The SMILES string of the molecule is Cc1noc(C)c1CN1C(=O)COc2cc(C(=O)O)ccc21. The number of ether oxygens (including phenoxy) is 1. The summed E-state index contributed by atoms with van der Waals surface area (Å²) in [4.78, 5) is 24.7. The molecule has 0 aliphatic carbocycles. The molecule has 0 saturated heterocycles. The van der Waals surface area contributed by atoms with Gasteiger partial charge in [0.15, 0.2) is 6.61 Å². The Morgan fingerprint density at radius 1 is 1.41 bits per heavy atom.